The maximum absolute atomic E-state index is 12.2. The Morgan fingerprint density at radius 1 is 1.17 bits per heavy atom. The number of Topliss-reactive ketones (excluding diaryl/α,β-unsaturated/α-hetero) is 1. The number of para-hydroxylation sites is 1. The minimum Gasteiger partial charge on any atom is -0.324 e. The summed E-state index contributed by atoms with van der Waals surface area (Å²) in [7, 11) is 0. The van der Waals surface area contributed by atoms with Crippen LogP contribution < -0.4 is 10.2 Å². The van der Waals surface area contributed by atoms with Gasteiger partial charge in [0.2, 0.25) is 5.91 Å². The quantitative estimate of drug-likeness (QED) is 0.842. The Labute approximate surface area is 141 Å². The maximum Gasteiger partial charge on any atom is 0.299 e. The molecule has 0 saturated carbocycles. The number of carbonyl (C=O) groups excluding carboxylic acids is 3. The topological polar surface area (TPSA) is 66.5 Å². The van der Waals surface area contributed by atoms with Gasteiger partial charge in [-0.05, 0) is 36.8 Å². The Balaban J connectivity index is 1.81. The molecule has 0 fully saturated rings. The molecule has 1 aliphatic heterocycles. The largest absolute Gasteiger partial charge is 0.324 e. The number of halogens is 1. The number of rotatable bonds is 3. The van der Waals surface area contributed by atoms with Crippen LogP contribution in [0.3, 0.4) is 0 Å². The lowest BCUT2D eigenvalue weighted by atomic mass is 10.1. The summed E-state index contributed by atoms with van der Waals surface area (Å²) in [6.45, 7) is 1.68. The van der Waals surface area contributed by atoms with Gasteiger partial charge in [0.1, 0.15) is 6.54 Å². The Morgan fingerprint density at radius 2 is 1.91 bits per heavy atom. The van der Waals surface area contributed by atoms with Crippen molar-refractivity contribution in [3.63, 3.8) is 0 Å². The number of ketones is 1. The summed E-state index contributed by atoms with van der Waals surface area (Å²) in [6.07, 6.45) is 0. The summed E-state index contributed by atoms with van der Waals surface area (Å²) in [4.78, 5) is 37.5. The fraction of sp³-hybridized carbons (Fsp3) is 0.118. The van der Waals surface area contributed by atoms with E-state index in [1.54, 1.807) is 24.3 Å². The first-order valence-corrected chi connectivity index (χ1v) is 7.78. The first-order chi connectivity index (χ1) is 11.0. The van der Waals surface area contributed by atoms with Crippen LogP contribution in [0.15, 0.2) is 46.9 Å². The van der Waals surface area contributed by atoms with E-state index in [4.69, 9.17) is 0 Å². The summed E-state index contributed by atoms with van der Waals surface area (Å²) in [6, 6.07) is 12.3. The highest BCUT2D eigenvalue weighted by Crippen LogP contribution is 2.31. The standard InChI is InChI=1S/C17H13BrN2O3/c1-10-4-2-3-5-13(10)19-15(21)9-20-14-7-6-11(18)8-12(14)16(22)17(20)23/h2-8H,9H2,1H3,(H,19,21). The Morgan fingerprint density at radius 3 is 2.65 bits per heavy atom. The van der Waals surface area contributed by atoms with Crippen LogP contribution in [-0.4, -0.2) is 24.1 Å². The highest BCUT2D eigenvalue weighted by atomic mass is 79.9. The van der Waals surface area contributed by atoms with Gasteiger partial charge in [0.15, 0.2) is 0 Å². The number of benzene rings is 2. The molecule has 2 aromatic carbocycles. The van der Waals surface area contributed by atoms with Crippen LogP contribution in [-0.2, 0) is 9.59 Å². The molecule has 2 amide bonds. The molecule has 23 heavy (non-hydrogen) atoms. The average Bonchev–Trinajstić information content (AvgIpc) is 2.74. The molecule has 0 atom stereocenters. The number of hydrogen-bond acceptors (Lipinski definition) is 3. The molecule has 0 spiro atoms. The average molecular weight is 373 g/mol. The number of amides is 2. The third-order valence-electron chi connectivity index (χ3n) is 3.65. The zero-order valence-electron chi connectivity index (χ0n) is 12.3. The van der Waals surface area contributed by atoms with Gasteiger partial charge >= 0.3 is 0 Å². The summed E-state index contributed by atoms with van der Waals surface area (Å²) in [5.74, 6) is -1.63. The molecule has 0 aromatic heterocycles. The monoisotopic (exact) mass is 372 g/mol. The van der Waals surface area contributed by atoms with Crippen molar-refractivity contribution < 1.29 is 14.4 Å². The summed E-state index contributed by atoms with van der Waals surface area (Å²) in [5.41, 5.74) is 2.39. The van der Waals surface area contributed by atoms with Crippen molar-refractivity contribution in [3.8, 4) is 0 Å². The zero-order chi connectivity index (χ0) is 16.6. The first-order valence-electron chi connectivity index (χ1n) is 6.98. The molecule has 0 radical (unpaired) electrons. The van der Waals surface area contributed by atoms with Crippen molar-refractivity contribution in [2.75, 3.05) is 16.8 Å². The van der Waals surface area contributed by atoms with Gasteiger partial charge in [-0.15, -0.1) is 0 Å². The highest BCUT2D eigenvalue weighted by molar-refractivity contribution is 9.10. The lowest BCUT2D eigenvalue weighted by Gasteiger charge is -2.16. The third kappa shape index (κ3) is 2.90. The molecule has 116 valence electrons. The molecule has 1 aliphatic rings. The van der Waals surface area contributed by atoms with Crippen LogP contribution in [0.4, 0.5) is 11.4 Å². The molecule has 0 unspecified atom stereocenters. The predicted molar refractivity (Wildman–Crippen MR) is 90.6 cm³/mol. The molecule has 5 nitrogen and oxygen atoms in total. The van der Waals surface area contributed by atoms with Crippen molar-refractivity contribution in [2.24, 2.45) is 0 Å². The molecule has 0 saturated heterocycles. The molecule has 0 bridgehead atoms. The van der Waals surface area contributed by atoms with Gasteiger partial charge in [-0.1, -0.05) is 34.1 Å². The van der Waals surface area contributed by atoms with Gasteiger partial charge in [0.05, 0.1) is 11.3 Å². The van der Waals surface area contributed by atoms with E-state index < -0.39 is 11.7 Å². The second-order valence-electron chi connectivity index (χ2n) is 5.24. The van der Waals surface area contributed by atoms with Gasteiger partial charge in [0.25, 0.3) is 11.7 Å². The molecule has 0 aliphatic carbocycles. The fourth-order valence-corrected chi connectivity index (χ4v) is 2.84. The van der Waals surface area contributed by atoms with Crippen LogP contribution >= 0.6 is 15.9 Å². The van der Waals surface area contributed by atoms with E-state index in [1.165, 1.54) is 4.90 Å². The summed E-state index contributed by atoms with van der Waals surface area (Å²) < 4.78 is 0.712. The minimum absolute atomic E-state index is 0.201. The van der Waals surface area contributed by atoms with E-state index >= 15 is 0 Å². The predicted octanol–water partition coefficient (Wildman–Crippen LogP) is 2.93. The summed E-state index contributed by atoms with van der Waals surface area (Å²) in [5, 5.41) is 2.76. The zero-order valence-corrected chi connectivity index (χ0v) is 13.9. The molecular formula is C17H13BrN2O3. The summed E-state index contributed by atoms with van der Waals surface area (Å²) >= 11 is 3.27. The maximum atomic E-state index is 12.2. The van der Waals surface area contributed by atoms with Crippen molar-refractivity contribution >= 4 is 44.9 Å². The lowest BCUT2D eigenvalue weighted by molar-refractivity contribution is -0.118. The van der Waals surface area contributed by atoms with Gasteiger partial charge in [-0.2, -0.15) is 0 Å². The Kier molecular flexibility index (Phi) is 4.00. The van der Waals surface area contributed by atoms with E-state index in [0.29, 0.717) is 21.4 Å². The van der Waals surface area contributed by atoms with Crippen LogP contribution in [0.25, 0.3) is 0 Å². The van der Waals surface area contributed by atoms with Gasteiger partial charge in [0, 0.05) is 10.2 Å². The Hall–Kier alpha value is -2.47. The second-order valence-corrected chi connectivity index (χ2v) is 6.16. The number of anilines is 2. The van der Waals surface area contributed by atoms with E-state index in [1.807, 2.05) is 25.1 Å². The number of fused-ring (bicyclic) bond motifs is 1. The number of carbonyl (C=O) groups is 3. The molecule has 2 aromatic rings. The molecule has 3 rings (SSSR count). The molecular weight excluding hydrogens is 360 g/mol. The first kappa shape index (κ1) is 15.4. The van der Waals surface area contributed by atoms with Crippen molar-refractivity contribution in [1.29, 1.82) is 0 Å². The highest BCUT2D eigenvalue weighted by Gasteiger charge is 2.36. The third-order valence-corrected chi connectivity index (χ3v) is 4.15. The van der Waals surface area contributed by atoms with Gasteiger partial charge in [-0.25, -0.2) is 0 Å². The molecule has 1 N–H and O–H groups in total. The number of nitrogens with one attached hydrogen (secondary N) is 1. The number of aryl methyl sites for hydroxylation is 1. The van der Waals surface area contributed by atoms with E-state index in [2.05, 4.69) is 21.2 Å². The van der Waals surface area contributed by atoms with Crippen molar-refractivity contribution in [3.05, 3.63) is 58.1 Å². The SMILES string of the molecule is Cc1ccccc1NC(=O)CN1C(=O)C(=O)c2cc(Br)ccc21. The van der Waals surface area contributed by atoms with E-state index in [0.717, 1.165) is 5.56 Å². The Bertz CT molecular complexity index is 832. The smallest absolute Gasteiger partial charge is 0.299 e. The van der Waals surface area contributed by atoms with Gasteiger partial charge < -0.3 is 5.32 Å². The van der Waals surface area contributed by atoms with Gasteiger partial charge in [-0.3, -0.25) is 19.3 Å². The van der Waals surface area contributed by atoms with Crippen molar-refractivity contribution in [1.82, 2.24) is 0 Å². The second kappa shape index (κ2) is 5.96. The normalized spacial score (nSPS) is 13.2. The fourth-order valence-electron chi connectivity index (χ4n) is 2.48. The van der Waals surface area contributed by atoms with Crippen LogP contribution in [0.5, 0.6) is 0 Å². The van der Waals surface area contributed by atoms with Crippen molar-refractivity contribution in [2.45, 2.75) is 6.92 Å². The van der Waals surface area contributed by atoms with E-state index in [-0.39, 0.29) is 12.5 Å². The molecule has 1 heterocycles. The lowest BCUT2D eigenvalue weighted by Crippen LogP contribution is -2.37. The van der Waals surface area contributed by atoms with E-state index in [9.17, 15) is 14.4 Å². The van der Waals surface area contributed by atoms with Crippen LogP contribution in [0.1, 0.15) is 15.9 Å². The van der Waals surface area contributed by atoms with Crippen LogP contribution in [0, 0.1) is 6.92 Å². The minimum atomic E-state index is -0.682. The molecule has 6 heteroatoms. The number of hydrogen-bond donors (Lipinski definition) is 1. The number of nitrogens with zero attached hydrogens (tertiary/aromatic N) is 1. The van der Waals surface area contributed by atoms with Crippen LogP contribution in [0.2, 0.25) is 0 Å².